The molecule has 0 saturated carbocycles. The standard InChI is InChI=1S/C21H21N5O2/c1-26-12-15(17-5-3-4-6-18(17)26)11-20(27)22-16-9-7-14(8-10-16)21-23-19(13-28-2)24-25-21/h3-10,12H,11,13H2,1-2H3,(H,22,27)(H,23,24,25). The Balaban J connectivity index is 1.44. The van der Waals surface area contributed by atoms with Gasteiger partial charge in [-0.15, -0.1) is 0 Å². The van der Waals surface area contributed by atoms with E-state index in [2.05, 4.69) is 26.6 Å². The second kappa shape index (κ2) is 7.66. The maximum Gasteiger partial charge on any atom is 0.228 e. The Labute approximate surface area is 162 Å². The van der Waals surface area contributed by atoms with Crippen molar-refractivity contribution in [3.05, 3.63) is 66.1 Å². The van der Waals surface area contributed by atoms with Gasteiger partial charge in [0.25, 0.3) is 0 Å². The number of aromatic amines is 1. The Kier molecular flexibility index (Phi) is 4.90. The summed E-state index contributed by atoms with van der Waals surface area (Å²) in [7, 11) is 3.60. The molecule has 2 N–H and O–H groups in total. The zero-order valence-corrected chi connectivity index (χ0v) is 15.8. The number of anilines is 1. The summed E-state index contributed by atoms with van der Waals surface area (Å²) in [6.07, 6.45) is 2.33. The van der Waals surface area contributed by atoms with Crippen LogP contribution >= 0.6 is 0 Å². The number of carbonyl (C=O) groups excluding carboxylic acids is 1. The van der Waals surface area contributed by atoms with Crippen LogP contribution in [0.3, 0.4) is 0 Å². The number of para-hydroxylation sites is 1. The van der Waals surface area contributed by atoms with Gasteiger partial charge in [0.15, 0.2) is 11.6 Å². The van der Waals surface area contributed by atoms with Crippen LogP contribution in [0.2, 0.25) is 0 Å². The van der Waals surface area contributed by atoms with Crippen molar-refractivity contribution < 1.29 is 9.53 Å². The predicted octanol–water partition coefficient (Wildman–Crippen LogP) is 3.29. The number of fused-ring (bicyclic) bond motifs is 1. The molecule has 1 amide bonds. The highest BCUT2D eigenvalue weighted by Crippen LogP contribution is 2.22. The van der Waals surface area contributed by atoms with E-state index in [1.165, 1.54) is 0 Å². The van der Waals surface area contributed by atoms with E-state index in [4.69, 9.17) is 4.74 Å². The molecule has 4 rings (SSSR count). The number of nitrogens with zero attached hydrogens (tertiary/aromatic N) is 3. The largest absolute Gasteiger partial charge is 0.377 e. The molecule has 28 heavy (non-hydrogen) atoms. The van der Waals surface area contributed by atoms with Crippen LogP contribution < -0.4 is 5.32 Å². The van der Waals surface area contributed by atoms with E-state index in [0.717, 1.165) is 27.7 Å². The Bertz CT molecular complexity index is 1110. The Morgan fingerprint density at radius 2 is 1.96 bits per heavy atom. The van der Waals surface area contributed by atoms with Gasteiger partial charge < -0.3 is 14.6 Å². The SMILES string of the molecule is COCc1nc(-c2ccc(NC(=O)Cc3cn(C)c4ccccc34)cc2)n[nH]1. The maximum absolute atomic E-state index is 12.5. The topological polar surface area (TPSA) is 84.8 Å². The van der Waals surface area contributed by atoms with Gasteiger partial charge in [0, 0.05) is 42.5 Å². The van der Waals surface area contributed by atoms with Crippen molar-refractivity contribution in [1.82, 2.24) is 19.7 Å². The fraction of sp³-hybridized carbons (Fsp3) is 0.190. The highest BCUT2D eigenvalue weighted by atomic mass is 16.5. The summed E-state index contributed by atoms with van der Waals surface area (Å²) in [4.78, 5) is 16.9. The Hall–Kier alpha value is -3.45. The van der Waals surface area contributed by atoms with Crippen molar-refractivity contribution in [1.29, 1.82) is 0 Å². The third kappa shape index (κ3) is 3.65. The summed E-state index contributed by atoms with van der Waals surface area (Å²) >= 11 is 0. The van der Waals surface area contributed by atoms with E-state index in [1.807, 2.05) is 60.3 Å². The Morgan fingerprint density at radius 3 is 2.75 bits per heavy atom. The van der Waals surface area contributed by atoms with E-state index < -0.39 is 0 Å². The van der Waals surface area contributed by atoms with Gasteiger partial charge in [0.2, 0.25) is 5.91 Å². The number of benzene rings is 2. The van der Waals surface area contributed by atoms with E-state index in [1.54, 1.807) is 7.11 Å². The summed E-state index contributed by atoms with van der Waals surface area (Å²) in [5.41, 5.74) is 3.74. The summed E-state index contributed by atoms with van der Waals surface area (Å²) < 4.78 is 7.08. The number of ether oxygens (including phenoxy) is 1. The highest BCUT2D eigenvalue weighted by Gasteiger charge is 2.11. The smallest absolute Gasteiger partial charge is 0.228 e. The number of aromatic nitrogens is 4. The molecule has 0 aliphatic carbocycles. The molecule has 0 aliphatic heterocycles. The molecule has 2 aromatic carbocycles. The molecule has 0 unspecified atom stereocenters. The number of methoxy groups -OCH3 is 1. The minimum Gasteiger partial charge on any atom is -0.377 e. The van der Waals surface area contributed by atoms with Crippen molar-refractivity contribution in [3.63, 3.8) is 0 Å². The third-order valence-electron chi connectivity index (χ3n) is 4.57. The van der Waals surface area contributed by atoms with Gasteiger partial charge in [-0.1, -0.05) is 18.2 Å². The number of hydrogen-bond acceptors (Lipinski definition) is 4. The molecule has 7 nitrogen and oxygen atoms in total. The minimum absolute atomic E-state index is 0.0515. The Morgan fingerprint density at radius 1 is 1.18 bits per heavy atom. The first-order valence-electron chi connectivity index (χ1n) is 8.97. The van der Waals surface area contributed by atoms with E-state index in [9.17, 15) is 4.79 Å². The van der Waals surface area contributed by atoms with Gasteiger partial charge in [-0.05, 0) is 35.9 Å². The molecule has 7 heteroatoms. The fourth-order valence-electron chi connectivity index (χ4n) is 3.27. The van der Waals surface area contributed by atoms with Gasteiger partial charge in [-0.2, -0.15) is 5.10 Å². The van der Waals surface area contributed by atoms with Crippen LogP contribution in [0.15, 0.2) is 54.7 Å². The van der Waals surface area contributed by atoms with Crippen molar-refractivity contribution in [3.8, 4) is 11.4 Å². The lowest BCUT2D eigenvalue weighted by molar-refractivity contribution is -0.115. The molecule has 0 spiro atoms. The van der Waals surface area contributed by atoms with Crippen LogP contribution in [0, 0.1) is 0 Å². The first kappa shape index (κ1) is 17.9. The lowest BCUT2D eigenvalue weighted by Gasteiger charge is -2.05. The average Bonchev–Trinajstić information content (AvgIpc) is 3.28. The molecule has 4 aromatic rings. The summed E-state index contributed by atoms with van der Waals surface area (Å²) in [5.74, 6) is 1.22. The van der Waals surface area contributed by atoms with Crippen LogP contribution in [0.5, 0.6) is 0 Å². The lowest BCUT2D eigenvalue weighted by Crippen LogP contribution is -2.14. The van der Waals surface area contributed by atoms with Crippen LogP contribution in [-0.2, 0) is 29.6 Å². The fourth-order valence-corrected chi connectivity index (χ4v) is 3.27. The van der Waals surface area contributed by atoms with Crippen LogP contribution in [0.1, 0.15) is 11.4 Å². The van der Waals surface area contributed by atoms with Gasteiger partial charge in [0.05, 0.1) is 6.42 Å². The van der Waals surface area contributed by atoms with E-state index >= 15 is 0 Å². The maximum atomic E-state index is 12.5. The number of rotatable bonds is 6. The van der Waals surface area contributed by atoms with Crippen LogP contribution in [-0.4, -0.2) is 32.8 Å². The molecule has 0 fully saturated rings. The van der Waals surface area contributed by atoms with E-state index in [0.29, 0.717) is 24.7 Å². The number of nitrogens with one attached hydrogen (secondary N) is 2. The van der Waals surface area contributed by atoms with Gasteiger partial charge in [-0.3, -0.25) is 9.89 Å². The predicted molar refractivity (Wildman–Crippen MR) is 108 cm³/mol. The van der Waals surface area contributed by atoms with Gasteiger partial charge >= 0.3 is 0 Å². The first-order chi connectivity index (χ1) is 13.6. The molecule has 142 valence electrons. The van der Waals surface area contributed by atoms with Gasteiger partial charge in [0.1, 0.15) is 6.61 Å². The lowest BCUT2D eigenvalue weighted by atomic mass is 10.1. The van der Waals surface area contributed by atoms with Gasteiger partial charge in [-0.25, -0.2) is 4.98 Å². The quantitative estimate of drug-likeness (QED) is 0.542. The van der Waals surface area contributed by atoms with E-state index in [-0.39, 0.29) is 5.91 Å². The molecule has 0 bridgehead atoms. The molecule has 0 radical (unpaired) electrons. The first-order valence-corrected chi connectivity index (χ1v) is 8.97. The zero-order valence-electron chi connectivity index (χ0n) is 15.8. The molecule has 2 aromatic heterocycles. The summed E-state index contributed by atoms with van der Waals surface area (Å²) in [5, 5.41) is 11.1. The third-order valence-corrected chi connectivity index (χ3v) is 4.57. The molecular formula is C21H21N5O2. The zero-order chi connectivity index (χ0) is 19.5. The second-order valence-corrected chi connectivity index (χ2v) is 6.62. The minimum atomic E-state index is -0.0515. The molecule has 0 saturated heterocycles. The second-order valence-electron chi connectivity index (χ2n) is 6.62. The number of amides is 1. The molecule has 0 aliphatic rings. The van der Waals surface area contributed by atoms with Crippen LogP contribution in [0.25, 0.3) is 22.3 Å². The number of H-pyrrole nitrogens is 1. The highest BCUT2D eigenvalue weighted by molar-refractivity contribution is 5.96. The van der Waals surface area contributed by atoms with Crippen molar-refractivity contribution >= 4 is 22.5 Å². The van der Waals surface area contributed by atoms with Crippen molar-refractivity contribution in [2.24, 2.45) is 7.05 Å². The number of carbonyl (C=O) groups is 1. The molecule has 2 heterocycles. The van der Waals surface area contributed by atoms with Crippen LogP contribution in [0.4, 0.5) is 5.69 Å². The number of hydrogen-bond donors (Lipinski definition) is 2. The monoisotopic (exact) mass is 375 g/mol. The number of aryl methyl sites for hydroxylation is 1. The molecular weight excluding hydrogens is 354 g/mol. The van der Waals surface area contributed by atoms with Crippen molar-refractivity contribution in [2.75, 3.05) is 12.4 Å². The summed E-state index contributed by atoms with van der Waals surface area (Å²) in [6, 6.07) is 15.5. The summed E-state index contributed by atoms with van der Waals surface area (Å²) in [6.45, 7) is 0.384. The molecule has 0 atom stereocenters. The average molecular weight is 375 g/mol. The van der Waals surface area contributed by atoms with Crippen molar-refractivity contribution in [2.45, 2.75) is 13.0 Å². The normalized spacial score (nSPS) is 11.1.